The number of rotatable bonds is 6. The fourth-order valence-electron chi connectivity index (χ4n) is 2.44. The van der Waals surface area contributed by atoms with E-state index >= 15 is 0 Å². The van der Waals surface area contributed by atoms with Gasteiger partial charge in [0.1, 0.15) is 12.4 Å². The molecule has 3 N–H and O–H groups in total. The largest absolute Gasteiger partial charge is 0.488 e. The molecule has 142 valence electrons. The quantitative estimate of drug-likeness (QED) is 0.342. The molecule has 0 aliphatic heterocycles. The number of amides is 1. The molecule has 28 heavy (non-hydrogen) atoms. The summed E-state index contributed by atoms with van der Waals surface area (Å²) in [6, 6.07) is 19.3. The summed E-state index contributed by atoms with van der Waals surface area (Å²) in [6.45, 7) is 0.272. The highest BCUT2D eigenvalue weighted by molar-refractivity contribution is 6.35. The van der Waals surface area contributed by atoms with Crippen molar-refractivity contribution in [3.63, 3.8) is 0 Å². The predicted octanol–water partition coefficient (Wildman–Crippen LogP) is 4.92. The molecule has 0 bridgehead atoms. The number of carbonyl (C=O) groups excluding carboxylic acids is 1. The first-order chi connectivity index (χ1) is 13.5. The van der Waals surface area contributed by atoms with Crippen LogP contribution in [0.2, 0.25) is 10.0 Å². The zero-order chi connectivity index (χ0) is 19.9. The number of benzene rings is 3. The number of nitrogens with two attached hydrogens (primary N) is 1. The zero-order valence-electron chi connectivity index (χ0n) is 14.7. The van der Waals surface area contributed by atoms with Crippen LogP contribution in [0.3, 0.4) is 0 Å². The number of para-hydroxylation sites is 2. The molecule has 3 aromatic carbocycles. The van der Waals surface area contributed by atoms with E-state index in [2.05, 4.69) is 10.5 Å². The summed E-state index contributed by atoms with van der Waals surface area (Å²) in [6.07, 6.45) is 1.51. The van der Waals surface area contributed by atoms with Crippen molar-refractivity contribution < 1.29 is 9.53 Å². The molecule has 0 aromatic heterocycles. The average Bonchev–Trinajstić information content (AvgIpc) is 2.68. The normalized spacial score (nSPS) is 10.8. The Morgan fingerprint density at radius 2 is 1.82 bits per heavy atom. The van der Waals surface area contributed by atoms with E-state index in [1.165, 1.54) is 6.21 Å². The number of nitrogens with one attached hydrogen (secondary N) is 1. The van der Waals surface area contributed by atoms with Crippen molar-refractivity contribution in [3.8, 4) is 5.75 Å². The number of ether oxygens (including phenoxy) is 1. The van der Waals surface area contributed by atoms with Crippen LogP contribution >= 0.6 is 23.2 Å². The fourth-order valence-corrected chi connectivity index (χ4v) is 2.90. The van der Waals surface area contributed by atoms with Gasteiger partial charge in [-0.05, 0) is 36.4 Å². The van der Waals surface area contributed by atoms with Crippen molar-refractivity contribution >= 4 is 41.0 Å². The summed E-state index contributed by atoms with van der Waals surface area (Å²) >= 11 is 12.1. The molecule has 0 atom stereocenters. The van der Waals surface area contributed by atoms with E-state index in [9.17, 15) is 4.79 Å². The van der Waals surface area contributed by atoms with Gasteiger partial charge in [0, 0.05) is 26.9 Å². The van der Waals surface area contributed by atoms with Crippen LogP contribution < -0.4 is 15.9 Å². The molecule has 3 rings (SSSR count). The highest BCUT2D eigenvalue weighted by Crippen LogP contribution is 2.24. The van der Waals surface area contributed by atoms with Crippen molar-refractivity contribution in [2.75, 3.05) is 5.73 Å². The number of halogens is 2. The van der Waals surface area contributed by atoms with Gasteiger partial charge in [0.15, 0.2) is 0 Å². The summed E-state index contributed by atoms with van der Waals surface area (Å²) < 4.78 is 5.85. The Morgan fingerprint density at radius 3 is 2.61 bits per heavy atom. The molecule has 0 radical (unpaired) electrons. The summed E-state index contributed by atoms with van der Waals surface area (Å²) in [7, 11) is 0. The highest BCUT2D eigenvalue weighted by atomic mass is 35.5. The molecular formula is C21H17Cl2N3O2. The summed E-state index contributed by atoms with van der Waals surface area (Å²) in [5.41, 5.74) is 10.5. The summed E-state index contributed by atoms with van der Waals surface area (Å²) in [5, 5.41) is 5.10. The molecule has 0 heterocycles. The van der Waals surface area contributed by atoms with E-state index in [-0.39, 0.29) is 12.5 Å². The first kappa shape index (κ1) is 19.7. The van der Waals surface area contributed by atoms with Gasteiger partial charge in [0.25, 0.3) is 5.91 Å². The van der Waals surface area contributed by atoms with E-state index in [1.807, 2.05) is 30.3 Å². The number of hydrogen-bond donors (Lipinski definition) is 2. The van der Waals surface area contributed by atoms with E-state index < -0.39 is 0 Å². The molecule has 0 spiro atoms. The first-order valence-electron chi connectivity index (χ1n) is 8.38. The van der Waals surface area contributed by atoms with Gasteiger partial charge in [-0.15, -0.1) is 0 Å². The first-order valence-corrected chi connectivity index (χ1v) is 9.14. The van der Waals surface area contributed by atoms with Gasteiger partial charge < -0.3 is 10.5 Å². The number of anilines is 1. The minimum atomic E-state index is -0.388. The van der Waals surface area contributed by atoms with Crippen LogP contribution in [0, 0.1) is 0 Å². The van der Waals surface area contributed by atoms with Gasteiger partial charge in [0.05, 0.1) is 11.8 Å². The van der Waals surface area contributed by atoms with Crippen LogP contribution in [0.4, 0.5) is 5.69 Å². The van der Waals surface area contributed by atoms with Crippen molar-refractivity contribution in [1.82, 2.24) is 5.43 Å². The molecule has 0 aliphatic rings. The topological polar surface area (TPSA) is 76.7 Å². The van der Waals surface area contributed by atoms with Crippen LogP contribution in [0.15, 0.2) is 71.8 Å². The zero-order valence-corrected chi connectivity index (χ0v) is 16.2. The van der Waals surface area contributed by atoms with Gasteiger partial charge >= 0.3 is 0 Å². The Bertz CT molecular complexity index is 1020. The SMILES string of the molecule is Nc1ccccc1C(=O)N/N=C/c1ccccc1OCc1ccc(Cl)cc1Cl. The fraction of sp³-hybridized carbons (Fsp3) is 0.0476. The van der Waals surface area contributed by atoms with Crippen molar-refractivity contribution in [2.24, 2.45) is 5.10 Å². The second-order valence-electron chi connectivity index (χ2n) is 5.85. The van der Waals surface area contributed by atoms with E-state index in [0.29, 0.717) is 32.6 Å². The Labute approximate surface area is 172 Å². The Morgan fingerprint density at radius 1 is 1.07 bits per heavy atom. The maximum atomic E-state index is 12.2. The van der Waals surface area contributed by atoms with Gasteiger partial charge in [-0.25, -0.2) is 5.43 Å². The number of hydrazone groups is 1. The van der Waals surface area contributed by atoms with E-state index in [0.717, 1.165) is 5.56 Å². The lowest BCUT2D eigenvalue weighted by atomic mass is 10.2. The van der Waals surface area contributed by atoms with Gasteiger partial charge in [-0.1, -0.05) is 53.5 Å². The van der Waals surface area contributed by atoms with Gasteiger partial charge in [-0.3, -0.25) is 4.79 Å². The number of hydrogen-bond acceptors (Lipinski definition) is 4. The molecular weight excluding hydrogens is 397 g/mol. The lowest BCUT2D eigenvalue weighted by Gasteiger charge is -2.10. The third-order valence-electron chi connectivity index (χ3n) is 3.89. The van der Waals surface area contributed by atoms with Crippen LogP contribution in [0.5, 0.6) is 5.75 Å². The predicted molar refractivity (Wildman–Crippen MR) is 113 cm³/mol. The number of nitrogens with zero attached hydrogens (tertiary/aromatic N) is 1. The van der Waals surface area contributed by atoms with E-state index in [4.69, 9.17) is 33.7 Å². The third kappa shape index (κ3) is 5.03. The molecule has 3 aromatic rings. The molecule has 0 unspecified atom stereocenters. The summed E-state index contributed by atoms with van der Waals surface area (Å²) in [5.74, 6) is 0.214. The molecule has 0 aliphatic carbocycles. The van der Waals surface area contributed by atoms with Crippen LogP contribution in [0.1, 0.15) is 21.5 Å². The second-order valence-corrected chi connectivity index (χ2v) is 6.69. The number of carbonyl (C=O) groups is 1. The molecule has 5 nitrogen and oxygen atoms in total. The molecule has 0 saturated carbocycles. The van der Waals surface area contributed by atoms with Gasteiger partial charge in [0.2, 0.25) is 0 Å². The standard InChI is InChI=1S/C21H17Cl2N3O2/c22-16-10-9-15(18(23)11-16)13-28-20-8-4-1-5-14(20)12-25-26-21(27)17-6-2-3-7-19(17)24/h1-12H,13,24H2,(H,26,27)/b25-12+. The molecule has 0 saturated heterocycles. The maximum Gasteiger partial charge on any atom is 0.273 e. The minimum Gasteiger partial charge on any atom is -0.488 e. The monoisotopic (exact) mass is 413 g/mol. The lowest BCUT2D eigenvalue weighted by Crippen LogP contribution is -2.19. The van der Waals surface area contributed by atoms with Crippen LogP contribution in [-0.2, 0) is 6.61 Å². The smallest absolute Gasteiger partial charge is 0.273 e. The second kappa shape index (κ2) is 9.26. The summed E-state index contributed by atoms with van der Waals surface area (Å²) in [4.78, 5) is 12.2. The lowest BCUT2D eigenvalue weighted by molar-refractivity contribution is 0.0956. The van der Waals surface area contributed by atoms with Crippen molar-refractivity contribution in [1.29, 1.82) is 0 Å². The molecule has 0 fully saturated rings. The maximum absolute atomic E-state index is 12.2. The third-order valence-corrected chi connectivity index (χ3v) is 4.48. The molecule has 1 amide bonds. The Kier molecular flexibility index (Phi) is 6.53. The van der Waals surface area contributed by atoms with Crippen LogP contribution in [-0.4, -0.2) is 12.1 Å². The average molecular weight is 414 g/mol. The Hall–Kier alpha value is -3.02. The van der Waals surface area contributed by atoms with E-state index in [1.54, 1.807) is 36.4 Å². The molecule has 7 heteroatoms. The highest BCUT2D eigenvalue weighted by Gasteiger charge is 2.08. The van der Waals surface area contributed by atoms with Crippen LogP contribution in [0.25, 0.3) is 0 Å². The minimum absolute atomic E-state index is 0.272. The number of nitrogen functional groups attached to an aromatic ring is 1. The van der Waals surface area contributed by atoms with Gasteiger partial charge in [-0.2, -0.15) is 5.10 Å². The van der Waals surface area contributed by atoms with Crippen molar-refractivity contribution in [2.45, 2.75) is 6.61 Å². The van der Waals surface area contributed by atoms with Crippen molar-refractivity contribution in [3.05, 3.63) is 93.5 Å². The Balaban J connectivity index is 1.67.